The minimum absolute atomic E-state index is 0.129. The summed E-state index contributed by atoms with van der Waals surface area (Å²) < 4.78 is 35.5. The van der Waals surface area contributed by atoms with E-state index in [1.54, 1.807) is 32.4 Å². The van der Waals surface area contributed by atoms with Gasteiger partial charge in [0.25, 0.3) is 11.8 Å². The molecule has 38 heavy (non-hydrogen) atoms. The molecule has 3 aromatic rings. The molecule has 0 radical (unpaired) electrons. The highest BCUT2D eigenvalue weighted by molar-refractivity contribution is 6.05. The molecule has 0 N–H and O–H groups in total. The van der Waals surface area contributed by atoms with Crippen LogP contribution < -0.4 is 18.9 Å². The van der Waals surface area contributed by atoms with E-state index in [4.69, 9.17) is 18.9 Å². The van der Waals surface area contributed by atoms with E-state index in [-0.39, 0.29) is 18.9 Å². The van der Waals surface area contributed by atoms with Crippen molar-refractivity contribution >= 4 is 17.5 Å². The second kappa shape index (κ2) is 10.4. The van der Waals surface area contributed by atoms with Gasteiger partial charge in [0, 0.05) is 30.7 Å². The van der Waals surface area contributed by atoms with Crippen LogP contribution in [0.3, 0.4) is 0 Å². The molecule has 2 aliphatic heterocycles. The Morgan fingerprint density at radius 2 is 1.87 bits per heavy atom. The monoisotopic (exact) mass is 519 g/mol. The number of hydrogen-bond donors (Lipinski definition) is 0. The lowest BCUT2D eigenvalue weighted by atomic mass is 9.97. The number of likely N-dealkylation sites (N-methyl/N-ethyl adjacent to an activating group) is 1. The molecule has 0 bridgehead atoms. The lowest BCUT2D eigenvalue weighted by Crippen LogP contribution is -2.39. The predicted octanol–water partition coefficient (Wildman–Crippen LogP) is 4.02. The van der Waals surface area contributed by atoms with Crippen LogP contribution in [0.15, 0.2) is 65.8 Å². The molecule has 0 aromatic heterocycles. The largest absolute Gasteiger partial charge is 0.497 e. The van der Waals surface area contributed by atoms with E-state index in [2.05, 4.69) is 5.10 Å². The van der Waals surface area contributed by atoms with E-state index in [9.17, 15) is 14.0 Å². The van der Waals surface area contributed by atoms with Gasteiger partial charge in [-0.3, -0.25) is 9.59 Å². The van der Waals surface area contributed by atoms with Crippen molar-refractivity contribution in [3.63, 3.8) is 0 Å². The summed E-state index contributed by atoms with van der Waals surface area (Å²) in [5.41, 5.74) is 2.31. The Kier molecular flexibility index (Phi) is 6.87. The Labute approximate surface area is 219 Å². The molecule has 3 aromatic carbocycles. The van der Waals surface area contributed by atoms with Crippen molar-refractivity contribution in [3.8, 4) is 23.0 Å². The number of methoxy groups -OCH3 is 2. The first kappa shape index (κ1) is 25.1. The van der Waals surface area contributed by atoms with Gasteiger partial charge in [-0.1, -0.05) is 12.1 Å². The average Bonchev–Trinajstić information content (AvgIpc) is 3.59. The van der Waals surface area contributed by atoms with E-state index in [1.807, 2.05) is 18.2 Å². The minimum atomic E-state index is -0.527. The summed E-state index contributed by atoms with van der Waals surface area (Å²) in [5.74, 6) is 0.995. The number of fused-ring (bicyclic) bond motifs is 1. The average molecular weight is 520 g/mol. The summed E-state index contributed by atoms with van der Waals surface area (Å²) >= 11 is 0. The van der Waals surface area contributed by atoms with Crippen LogP contribution in [0.5, 0.6) is 23.0 Å². The number of carbonyl (C=O) groups excluding carboxylic acids is 2. The molecule has 1 atom stereocenters. The number of hydrazone groups is 1. The van der Waals surface area contributed by atoms with Crippen LogP contribution in [0, 0.1) is 5.82 Å². The highest BCUT2D eigenvalue weighted by Crippen LogP contribution is 2.40. The van der Waals surface area contributed by atoms with Gasteiger partial charge < -0.3 is 23.8 Å². The summed E-state index contributed by atoms with van der Waals surface area (Å²) in [6.07, 6.45) is 0.398. The standard InChI is InChI=1S/C28H26FN3O6/c1-31(28(34)18-5-4-6-19(29)11-18)15-27(33)32-23(17-7-10-24-26(12-17)38-16-37-24)14-22(30-32)21-9-8-20(35-2)13-25(21)36-3/h4-13,23H,14-16H2,1-3H3. The topological polar surface area (TPSA) is 89.9 Å². The van der Waals surface area contributed by atoms with Gasteiger partial charge in [0.2, 0.25) is 6.79 Å². The highest BCUT2D eigenvalue weighted by Gasteiger charge is 2.35. The molecular formula is C28H26FN3O6. The first-order valence-electron chi connectivity index (χ1n) is 11.9. The van der Waals surface area contributed by atoms with E-state index < -0.39 is 23.7 Å². The van der Waals surface area contributed by atoms with Crippen LogP contribution >= 0.6 is 0 Å². The second-order valence-corrected chi connectivity index (χ2v) is 8.86. The zero-order valence-corrected chi connectivity index (χ0v) is 21.1. The number of benzene rings is 3. The SMILES string of the molecule is COc1ccc(C2=NN(C(=O)CN(C)C(=O)c3cccc(F)c3)C(c3ccc4c(c3)OCO4)C2)c(OC)c1. The first-order valence-corrected chi connectivity index (χ1v) is 11.9. The van der Waals surface area contributed by atoms with Gasteiger partial charge in [0.15, 0.2) is 11.5 Å². The molecule has 0 saturated heterocycles. The van der Waals surface area contributed by atoms with E-state index in [0.29, 0.717) is 35.1 Å². The lowest BCUT2D eigenvalue weighted by molar-refractivity contribution is -0.133. The van der Waals surface area contributed by atoms with E-state index in [1.165, 1.54) is 35.2 Å². The Morgan fingerprint density at radius 3 is 2.63 bits per heavy atom. The third-order valence-corrected chi connectivity index (χ3v) is 6.46. The number of amides is 2. The quantitative estimate of drug-likeness (QED) is 0.469. The lowest BCUT2D eigenvalue weighted by Gasteiger charge is -2.25. The summed E-state index contributed by atoms with van der Waals surface area (Å²) in [6.45, 7) is -0.128. The van der Waals surface area contributed by atoms with Gasteiger partial charge in [0.05, 0.1) is 26.0 Å². The van der Waals surface area contributed by atoms with Crippen molar-refractivity contribution < 1.29 is 32.9 Å². The maximum Gasteiger partial charge on any atom is 0.262 e. The van der Waals surface area contributed by atoms with Crippen molar-refractivity contribution in [2.75, 3.05) is 34.6 Å². The fraction of sp³-hybridized carbons (Fsp3) is 0.250. The number of carbonyl (C=O) groups is 2. The molecule has 2 heterocycles. The zero-order chi connectivity index (χ0) is 26.8. The molecule has 2 aliphatic rings. The molecule has 9 nitrogen and oxygen atoms in total. The highest BCUT2D eigenvalue weighted by atomic mass is 19.1. The number of hydrogen-bond acceptors (Lipinski definition) is 7. The number of ether oxygens (including phenoxy) is 4. The van der Waals surface area contributed by atoms with Crippen molar-refractivity contribution in [1.82, 2.24) is 9.91 Å². The van der Waals surface area contributed by atoms with Gasteiger partial charge >= 0.3 is 0 Å². The predicted molar refractivity (Wildman–Crippen MR) is 136 cm³/mol. The fourth-order valence-corrected chi connectivity index (χ4v) is 4.51. The van der Waals surface area contributed by atoms with Crippen molar-refractivity contribution in [3.05, 3.63) is 83.2 Å². The van der Waals surface area contributed by atoms with Gasteiger partial charge in [-0.15, -0.1) is 0 Å². The van der Waals surface area contributed by atoms with Gasteiger partial charge in [-0.05, 0) is 48.0 Å². The number of nitrogens with zero attached hydrogens (tertiary/aromatic N) is 3. The van der Waals surface area contributed by atoms with Gasteiger partial charge in [-0.2, -0.15) is 5.10 Å². The number of rotatable bonds is 7. The minimum Gasteiger partial charge on any atom is -0.497 e. The molecule has 1 unspecified atom stereocenters. The summed E-state index contributed by atoms with van der Waals surface area (Å²) in [6, 6.07) is 15.8. The smallest absolute Gasteiger partial charge is 0.262 e. The molecule has 10 heteroatoms. The van der Waals surface area contributed by atoms with Gasteiger partial charge in [0.1, 0.15) is 23.9 Å². The van der Waals surface area contributed by atoms with Crippen molar-refractivity contribution in [2.24, 2.45) is 5.10 Å². The summed E-state index contributed by atoms with van der Waals surface area (Å²) in [4.78, 5) is 27.6. The van der Waals surface area contributed by atoms with E-state index >= 15 is 0 Å². The second-order valence-electron chi connectivity index (χ2n) is 8.86. The third kappa shape index (κ3) is 4.84. The van der Waals surface area contributed by atoms with Crippen LogP contribution in [0.4, 0.5) is 4.39 Å². The Balaban J connectivity index is 1.45. The Morgan fingerprint density at radius 1 is 1.05 bits per heavy atom. The van der Waals surface area contributed by atoms with Crippen LogP contribution in [0.1, 0.15) is 33.9 Å². The first-order chi connectivity index (χ1) is 18.4. The molecule has 2 amide bonds. The van der Waals surface area contributed by atoms with Crippen molar-refractivity contribution in [2.45, 2.75) is 12.5 Å². The van der Waals surface area contributed by atoms with Crippen LogP contribution in [-0.4, -0.2) is 62.0 Å². The van der Waals surface area contributed by atoms with Crippen molar-refractivity contribution in [1.29, 1.82) is 0 Å². The maximum atomic E-state index is 13.6. The molecule has 0 saturated carbocycles. The Bertz CT molecular complexity index is 1430. The fourth-order valence-electron chi connectivity index (χ4n) is 4.51. The van der Waals surface area contributed by atoms with Crippen LogP contribution in [0.25, 0.3) is 0 Å². The number of halogens is 1. The van der Waals surface area contributed by atoms with E-state index in [0.717, 1.165) is 17.2 Å². The molecule has 0 aliphatic carbocycles. The third-order valence-electron chi connectivity index (χ3n) is 6.46. The molecule has 0 fully saturated rings. The molecular weight excluding hydrogens is 493 g/mol. The van der Waals surface area contributed by atoms with Crippen LogP contribution in [0.2, 0.25) is 0 Å². The molecule has 5 rings (SSSR count). The summed E-state index contributed by atoms with van der Waals surface area (Å²) in [7, 11) is 4.62. The zero-order valence-electron chi connectivity index (χ0n) is 21.1. The molecule has 196 valence electrons. The summed E-state index contributed by atoms with van der Waals surface area (Å²) in [5, 5.41) is 6.06. The molecule has 0 spiro atoms. The normalized spacial score (nSPS) is 15.7. The van der Waals surface area contributed by atoms with Crippen LogP contribution in [-0.2, 0) is 4.79 Å². The van der Waals surface area contributed by atoms with Gasteiger partial charge in [-0.25, -0.2) is 9.40 Å². The maximum absolute atomic E-state index is 13.6. The Hall–Kier alpha value is -4.60.